The van der Waals surface area contributed by atoms with Gasteiger partial charge >= 0.3 is 5.69 Å². The van der Waals surface area contributed by atoms with Gasteiger partial charge in [-0.2, -0.15) is 5.10 Å². The molecule has 0 unspecified atom stereocenters. The minimum atomic E-state index is -0.279. The zero-order valence-corrected chi connectivity index (χ0v) is 13.3. The first-order chi connectivity index (χ1) is 11.1. The van der Waals surface area contributed by atoms with Crippen LogP contribution in [0.1, 0.15) is 5.82 Å². The second-order valence-corrected chi connectivity index (χ2v) is 5.21. The number of nitrogens with one attached hydrogen (secondary N) is 1. The molecule has 0 bridgehead atoms. The summed E-state index contributed by atoms with van der Waals surface area (Å²) in [5.41, 5.74) is 0.431. The predicted molar refractivity (Wildman–Crippen MR) is 87.0 cm³/mol. The van der Waals surface area contributed by atoms with Crippen molar-refractivity contribution in [3.8, 4) is 22.9 Å². The van der Waals surface area contributed by atoms with Crippen molar-refractivity contribution in [2.45, 2.75) is 6.92 Å². The van der Waals surface area contributed by atoms with Crippen molar-refractivity contribution in [1.82, 2.24) is 14.8 Å². The molecule has 0 aliphatic carbocycles. The van der Waals surface area contributed by atoms with Crippen molar-refractivity contribution >= 4 is 11.6 Å². The van der Waals surface area contributed by atoms with E-state index < -0.39 is 0 Å². The van der Waals surface area contributed by atoms with Crippen molar-refractivity contribution in [2.24, 2.45) is 0 Å². The van der Waals surface area contributed by atoms with Gasteiger partial charge in [-0.1, -0.05) is 11.6 Å². The van der Waals surface area contributed by atoms with Gasteiger partial charge in [0.2, 0.25) is 0 Å². The summed E-state index contributed by atoms with van der Waals surface area (Å²) in [6.07, 6.45) is 0. The molecule has 0 atom stereocenters. The molecule has 3 rings (SSSR count). The topological polar surface area (TPSA) is 69.1 Å². The van der Waals surface area contributed by atoms with E-state index >= 15 is 0 Å². The van der Waals surface area contributed by atoms with Crippen LogP contribution < -0.4 is 15.2 Å². The van der Waals surface area contributed by atoms with Gasteiger partial charge in [0.05, 0.1) is 17.8 Å². The van der Waals surface area contributed by atoms with Crippen molar-refractivity contribution < 1.29 is 9.47 Å². The molecule has 23 heavy (non-hydrogen) atoms. The molecule has 0 radical (unpaired) electrons. The van der Waals surface area contributed by atoms with E-state index in [4.69, 9.17) is 21.1 Å². The largest absolute Gasteiger partial charge is 0.495 e. The van der Waals surface area contributed by atoms with Gasteiger partial charge in [-0.3, -0.25) is 0 Å². The maximum absolute atomic E-state index is 11.7. The van der Waals surface area contributed by atoms with Gasteiger partial charge in [-0.25, -0.2) is 14.5 Å². The Hall–Kier alpha value is -2.73. The third kappa shape index (κ3) is 3.07. The highest BCUT2D eigenvalue weighted by molar-refractivity contribution is 6.32. The molecule has 1 heterocycles. The monoisotopic (exact) mass is 331 g/mol. The van der Waals surface area contributed by atoms with Crippen molar-refractivity contribution in [3.63, 3.8) is 0 Å². The van der Waals surface area contributed by atoms with Gasteiger partial charge in [0.15, 0.2) is 0 Å². The first kappa shape index (κ1) is 15.2. The van der Waals surface area contributed by atoms with E-state index in [1.165, 1.54) is 4.57 Å². The molecule has 0 fully saturated rings. The minimum Gasteiger partial charge on any atom is -0.495 e. The van der Waals surface area contributed by atoms with Crippen LogP contribution in [0.25, 0.3) is 5.69 Å². The molecular weight excluding hydrogens is 318 g/mol. The highest BCUT2D eigenvalue weighted by atomic mass is 35.5. The second-order valence-electron chi connectivity index (χ2n) is 4.80. The van der Waals surface area contributed by atoms with Gasteiger partial charge in [0, 0.05) is 6.07 Å². The Morgan fingerprint density at radius 1 is 1.13 bits per heavy atom. The van der Waals surface area contributed by atoms with Gasteiger partial charge in [0.1, 0.15) is 23.1 Å². The number of ether oxygens (including phenoxy) is 2. The van der Waals surface area contributed by atoms with Crippen LogP contribution in [-0.2, 0) is 0 Å². The number of aromatic amines is 1. The first-order valence-corrected chi connectivity index (χ1v) is 7.22. The number of benzene rings is 2. The van der Waals surface area contributed by atoms with E-state index in [1.807, 2.05) is 0 Å². The molecular formula is C16H14ClN3O3. The Bertz CT molecular complexity index is 884. The van der Waals surface area contributed by atoms with Crippen molar-refractivity contribution in [1.29, 1.82) is 0 Å². The molecule has 0 aliphatic rings. The number of halogens is 1. The van der Waals surface area contributed by atoms with Crippen LogP contribution in [0.15, 0.2) is 47.3 Å². The summed E-state index contributed by atoms with van der Waals surface area (Å²) >= 11 is 5.99. The average Bonchev–Trinajstić information content (AvgIpc) is 2.89. The predicted octanol–water partition coefficient (Wildman–Crippen LogP) is 3.32. The number of nitrogens with zero attached hydrogens (tertiary/aromatic N) is 2. The van der Waals surface area contributed by atoms with Crippen molar-refractivity contribution in [3.05, 3.63) is 63.8 Å². The molecule has 7 heteroatoms. The SMILES string of the molecule is COc1cc(Oc2ccc(-n3c(C)n[nH]c3=O)cc2)ccc1Cl. The summed E-state index contributed by atoms with van der Waals surface area (Å²) in [5.74, 6) is 2.37. The smallest absolute Gasteiger partial charge is 0.347 e. The van der Waals surface area contributed by atoms with Crippen molar-refractivity contribution in [2.75, 3.05) is 7.11 Å². The summed E-state index contributed by atoms with van der Waals surface area (Å²) in [6, 6.07) is 12.3. The summed E-state index contributed by atoms with van der Waals surface area (Å²) in [6.45, 7) is 1.75. The van der Waals surface area contributed by atoms with Crippen LogP contribution in [0.5, 0.6) is 17.2 Å². The zero-order chi connectivity index (χ0) is 16.4. The molecule has 2 aromatic carbocycles. The average molecular weight is 332 g/mol. The maximum Gasteiger partial charge on any atom is 0.347 e. The second kappa shape index (κ2) is 6.18. The van der Waals surface area contributed by atoms with Crippen LogP contribution in [0.3, 0.4) is 0 Å². The van der Waals surface area contributed by atoms with E-state index in [1.54, 1.807) is 56.5 Å². The maximum atomic E-state index is 11.7. The molecule has 1 aromatic heterocycles. The lowest BCUT2D eigenvalue weighted by atomic mass is 10.3. The number of rotatable bonds is 4. The minimum absolute atomic E-state index is 0.279. The standard InChI is InChI=1S/C16H14ClN3O3/c1-10-18-19-16(21)20(10)11-3-5-12(6-4-11)23-13-7-8-14(17)15(9-13)22-2/h3-9H,1-2H3,(H,19,21). The van der Waals surface area contributed by atoms with Gasteiger partial charge in [-0.15, -0.1) is 0 Å². The summed E-state index contributed by atoms with van der Waals surface area (Å²) in [4.78, 5) is 11.7. The highest BCUT2D eigenvalue weighted by Gasteiger charge is 2.07. The number of H-pyrrole nitrogens is 1. The molecule has 1 N–H and O–H groups in total. The molecule has 3 aromatic rings. The number of hydrogen-bond acceptors (Lipinski definition) is 4. The Labute approximate surface area is 137 Å². The summed E-state index contributed by atoms with van der Waals surface area (Å²) in [7, 11) is 1.55. The number of aromatic nitrogens is 3. The Morgan fingerprint density at radius 2 is 1.83 bits per heavy atom. The third-order valence-electron chi connectivity index (χ3n) is 3.29. The molecule has 118 valence electrons. The Kier molecular flexibility index (Phi) is 4.08. The quantitative estimate of drug-likeness (QED) is 0.796. The number of aryl methyl sites for hydroxylation is 1. The number of methoxy groups -OCH3 is 1. The summed E-state index contributed by atoms with van der Waals surface area (Å²) < 4.78 is 12.4. The van der Waals surface area contributed by atoms with E-state index in [0.717, 1.165) is 0 Å². The van der Waals surface area contributed by atoms with E-state index in [0.29, 0.717) is 33.8 Å². The van der Waals surface area contributed by atoms with E-state index in [9.17, 15) is 4.79 Å². The van der Waals surface area contributed by atoms with E-state index in [2.05, 4.69) is 10.2 Å². The first-order valence-electron chi connectivity index (χ1n) is 6.84. The molecule has 6 nitrogen and oxygen atoms in total. The van der Waals surface area contributed by atoms with Crippen LogP contribution in [-0.4, -0.2) is 21.9 Å². The van der Waals surface area contributed by atoms with Crippen LogP contribution in [0, 0.1) is 6.92 Å². The van der Waals surface area contributed by atoms with Crippen LogP contribution in [0.2, 0.25) is 5.02 Å². The Morgan fingerprint density at radius 3 is 2.43 bits per heavy atom. The fourth-order valence-corrected chi connectivity index (χ4v) is 2.38. The van der Waals surface area contributed by atoms with Crippen LogP contribution in [0.4, 0.5) is 0 Å². The van der Waals surface area contributed by atoms with Gasteiger partial charge < -0.3 is 9.47 Å². The molecule has 0 amide bonds. The third-order valence-corrected chi connectivity index (χ3v) is 3.61. The highest BCUT2D eigenvalue weighted by Crippen LogP contribution is 2.31. The molecule has 0 saturated carbocycles. The normalized spacial score (nSPS) is 10.6. The fraction of sp³-hybridized carbons (Fsp3) is 0.125. The molecule has 0 spiro atoms. The zero-order valence-electron chi connectivity index (χ0n) is 12.5. The van der Waals surface area contributed by atoms with Crippen LogP contribution >= 0.6 is 11.6 Å². The lowest BCUT2D eigenvalue weighted by Crippen LogP contribution is -2.15. The van der Waals surface area contributed by atoms with E-state index in [-0.39, 0.29) is 5.69 Å². The summed E-state index contributed by atoms with van der Waals surface area (Å²) in [5, 5.41) is 6.80. The lowest BCUT2D eigenvalue weighted by molar-refractivity contribution is 0.409. The molecule has 0 aliphatic heterocycles. The van der Waals surface area contributed by atoms with Gasteiger partial charge in [-0.05, 0) is 43.3 Å². The Balaban J connectivity index is 1.84. The fourth-order valence-electron chi connectivity index (χ4n) is 2.18. The molecule has 0 saturated heterocycles. The van der Waals surface area contributed by atoms with Gasteiger partial charge in [0.25, 0.3) is 0 Å². The number of hydrogen-bond donors (Lipinski definition) is 1. The lowest BCUT2D eigenvalue weighted by Gasteiger charge is -2.09.